The van der Waals surface area contributed by atoms with Crippen molar-refractivity contribution in [1.82, 2.24) is 4.72 Å². The van der Waals surface area contributed by atoms with E-state index in [0.29, 0.717) is 19.4 Å². The van der Waals surface area contributed by atoms with Crippen molar-refractivity contribution in [3.05, 3.63) is 0 Å². The lowest BCUT2D eigenvalue weighted by Gasteiger charge is -2.21. The number of esters is 1. The first-order valence-corrected chi connectivity index (χ1v) is 9.05. The molecule has 5 nitrogen and oxygen atoms in total. The summed E-state index contributed by atoms with van der Waals surface area (Å²) in [4.78, 5) is 11.7. The fourth-order valence-electron chi connectivity index (χ4n) is 3.30. The number of sulfonamides is 1. The Labute approximate surface area is 121 Å². The largest absolute Gasteiger partial charge is 0.469 e. The highest BCUT2D eigenvalue weighted by molar-refractivity contribution is 7.90. The van der Waals surface area contributed by atoms with Gasteiger partial charge in [0.1, 0.15) is 0 Å². The fourth-order valence-corrected chi connectivity index (χ4v) is 5.18. The smallest absolute Gasteiger partial charge is 0.310 e. The van der Waals surface area contributed by atoms with Gasteiger partial charge in [-0.15, -0.1) is 0 Å². The van der Waals surface area contributed by atoms with Crippen LogP contribution in [-0.4, -0.2) is 33.3 Å². The van der Waals surface area contributed by atoms with Gasteiger partial charge in [0.15, 0.2) is 0 Å². The molecule has 0 aromatic carbocycles. The van der Waals surface area contributed by atoms with E-state index in [1.165, 1.54) is 7.11 Å². The van der Waals surface area contributed by atoms with Gasteiger partial charge in [0.05, 0.1) is 18.3 Å². The lowest BCUT2D eigenvalue weighted by molar-refractivity contribution is -0.145. The van der Waals surface area contributed by atoms with Gasteiger partial charge in [-0.2, -0.15) is 0 Å². The van der Waals surface area contributed by atoms with Crippen molar-refractivity contribution in [2.24, 2.45) is 11.3 Å². The average molecular weight is 303 g/mol. The Morgan fingerprint density at radius 2 is 2.05 bits per heavy atom. The number of ether oxygens (including phenoxy) is 1. The summed E-state index contributed by atoms with van der Waals surface area (Å²) in [6.07, 6.45) is 6.29. The molecule has 6 heteroatoms. The zero-order valence-corrected chi connectivity index (χ0v) is 13.2. The standard InChI is InChI=1S/C14H25NO4S/c1-3-7-14(8-9-14)10-15-20(17,18)12-6-4-5-11(12)13(16)19-2/h11-12,15H,3-10H2,1-2H3. The average Bonchev–Trinajstić information content (AvgIpc) is 3.00. The highest BCUT2D eigenvalue weighted by Gasteiger charge is 2.45. The van der Waals surface area contributed by atoms with E-state index >= 15 is 0 Å². The van der Waals surface area contributed by atoms with Crippen LogP contribution in [0.25, 0.3) is 0 Å². The second-order valence-electron chi connectivity index (χ2n) is 6.22. The van der Waals surface area contributed by atoms with Crippen molar-refractivity contribution in [2.75, 3.05) is 13.7 Å². The lowest BCUT2D eigenvalue weighted by atomic mass is 10.0. The quantitative estimate of drug-likeness (QED) is 0.728. The van der Waals surface area contributed by atoms with E-state index in [2.05, 4.69) is 11.6 Å². The molecule has 0 aromatic rings. The van der Waals surface area contributed by atoms with Gasteiger partial charge in [-0.25, -0.2) is 13.1 Å². The summed E-state index contributed by atoms with van der Waals surface area (Å²) in [7, 11) is -2.11. The first kappa shape index (κ1) is 15.8. The molecule has 2 aliphatic rings. The number of methoxy groups -OCH3 is 1. The second-order valence-corrected chi connectivity index (χ2v) is 8.20. The summed E-state index contributed by atoms with van der Waals surface area (Å²) in [5, 5.41) is -0.618. The van der Waals surface area contributed by atoms with E-state index < -0.39 is 27.2 Å². The zero-order valence-electron chi connectivity index (χ0n) is 12.4. The summed E-state index contributed by atoms with van der Waals surface area (Å²) in [6.45, 7) is 2.65. The van der Waals surface area contributed by atoms with Gasteiger partial charge in [0.25, 0.3) is 0 Å². The van der Waals surface area contributed by atoms with Crippen LogP contribution in [0.4, 0.5) is 0 Å². The van der Waals surface area contributed by atoms with Gasteiger partial charge in [-0.05, 0) is 37.5 Å². The summed E-state index contributed by atoms with van der Waals surface area (Å²) >= 11 is 0. The van der Waals surface area contributed by atoms with Gasteiger partial charge in [0, 0.05) is 6.54 Å². The molecule has 20 heavy (non-hydrogen) atoms. The predicted octanol–water partition coefficient (Wildman–Crippen LogP) is 1.83. The molecule has 0 heterocycles. The number of nitrogens with one attached hydrogen (secondary N) is 1. The summed E-state index contributed by atoms with van der Waals surface area (Å²) in [6, 6.07) is 0. The molecule has 0 spiro atoms. The van der Waals surface area contributed by atoms with E-state index in [9.17, 15) is 13.2 Å². The molecule has 0 aromatic heterocycles. The Balaban J connectivity index is 1.97. The molecular formula is C14H25NO4S. The van der Waals surface area contributed by atoms with Gasteiger partial charge in [0.2, 0.25) is 10.0 Å². The fraction of sp³-hybridized carbons (Fsp3) is 0.929. The maximum atomic E-state index is 12.4. The lowest BCUT2D eigenvalue weighted by Crippen LogP contribution is -2.41. The highest BCUT2D eigenvalue weighted by Crippen LogP contribution is 2.49. The molecule has 0 bridgehead atoms. The third-order valence-electron chi connectivity index (χ3n) is 4.74. The molecular weight excluding hydrogens is 278 g/mol. The number of carbonyl (C=O) groups is 1. The van der Waals surface area contributed by atoms with Crippen LogP contribution in [0.1, 0.15) is 51.9 Å². The monoisotopic (exact) mass is 303 g/mol. The predicted molar refractivity (Wildman–Crippen MR) is 76.6 cm³/mol. The molecule has 2 unspecified atom stereocenters. The molecule has 2 atom stereocenters. The molecule has 2 fully saturated rings. The minimum atomic E-state index is -3.43. The van der Waals surface area contributed by atoms with Crippen LogP contribution in [0, 0.1) is 11.3 Å². The molecule has 2 rings (SSSR count). The minimum Gasteiger partial charge on any atom is -0.469 e. The van der Waals surface area contributed by atoms with Crippen molar-refractivity contribution in [3.8, 4) is 0 Å². The van der Waals surface area contributed by atoms with E-state index in [1.807, 2.05) is 0 Å². The van der Waals surface area contributed by atoms with Crippen molar-refractivity contribution in [1.29, 1.82) is 0 Å². The van der Waals surface area contributed by atoms with Gasteiger partial charge in [-0.3, -0.25) is 4.79 Å². The number of hydrogen-bond donors (Lipinski definition) is 1. The van der Waals surface area contributed by atoms with E-state index in [0.717, 1.165) is 32.1 Å². The summed E-state index contributed by atoms with van der Waals surface area (Å²) in [5.41, 5.74) is 0.182. The molecule has 2 saturated carbocycles. The van der Waals surface area contributed by atoms with Crippen LogP contribution in [0.15, 0.2) is 0 Å². The van der Waals surface area contributed by atoms with Crippen LogP contribution < -0.4 is 4.72 Å². The molecule has 0 aliphatic heterocycles. The Kier molecular flexibility index (Phi) is 4.74. The SMILES string of the molecule is CCCC1(CNS(=O)(=O)C2CCCC2C(=O)OC)CC1. The Bertz CT molecular complexity index is 456. The van der Waals surface area contributed by atoms with E-state index in [1.54, 1.807) is 0 Å². The second kappa shape index (κ2) is 6.02. The van der Waals surface area contributed by atoms with Gasteiger partial charge in [-0.1, -0.05) is 19.8 Å². The molecule has 0 saturated heterocycles. The van der Waals surface area contributed by atoms with Gasteiger partial charge < -0.3 is 4.74 Å². The summed E-state index contributed by atoms with van der Waals surface area (Å²) in [5.74, 6) is -0.897. The maximum Gasteiger partial charge on any atom is 0.310 e. The van der Waals surface area contributed by atoms with Crippen molar-refractivity contribution >= 4 is 16.0 Å². The van der Waals surface area contributed by atoms with Crippen LogP contribution in [0.5, 0.6) is 0 Å². The first-order valence-electron chi connectivity index (χ1n) is 7.50. The third-order valence-corrected chi connectivity index (χ3v) is 6.65. The Morgan fingerprint density at radius 3 is 2.60 bits per heavy atom. The van der Waals surface area contributed by atoms with E-state index in [4.69, 9.17) is 4.74 Å². The van der Waals surface area contributed by atoms with Crippen molar-refractivity contribution in [3.63, 3.8) is 0 Å². The molecule has 2 aliphatic carbocycles. The van der Waals surface area contributed by atoms with Crippen LogP contribution in [0.2, 0.25) is 0 Å². The number of carbonyl (C=O) groups excluding carboxylic acids is 1. The van der Waals surface area contributed by atoms with Crippen LogP contribution in [-0.2, 0) is 19.6 Å². The van der Waals surface area contributed by atoms with Crippen LogP contribution >= 0.6 is 0 Å². The first-order chi connectivity index (χ1) is 9.44. The minimum absolute atomic E-state index is 0.182. The van der Waals surface area contributed by atoms with Crippen LogP contribution in [0.3, 0.4) is 0 Å². The van der Waals surface area contributed by atoms with Gasteiger partial charge >= 0.3 is 5.97 Å². The molecule has 0 amide bonds. The zero-order chi connectivity index (χ0) is 14.8. The normalized spacial score (nSPS) is 28.3. The molecule has 0 radical (unpaired) electrons. The van der Waals surface area contributed by atoms with Crippen molar-refractivity contribution in [2.45, 2.75) is 57.1 Å². The molecule has 1 N–H and O–H groups in total. The van der Waals surface area contributed by atoms with Crippen molar-refractivity contribution < 1.29 is 17.9 Å². The van der Waals surface area contributed by atoms with E-state index in [-0.39, 0.29) is 5.41 Å². The maximum absolute atomic E-state index is 12.4. The Hall–Kier alpha value is -0.620. The number of rotatable bonds is 7. The third kappa shape index (κ3) is 3.34. The Morgan fingerprint density at radius 1 is 1.35 bits per heavy atom. The molecule has 116 valence electrons. The summed E-state index contributed by atoms with van der Waals surface area (Å²) < 4.78 is 32.3. The highest BCUT2D eigenvalue weighted by atomic mass is 32.2. The number of hydrogen-bond acceptors (Lipinski definition) is 4. The topological polar surface area (TPSA) is 72.5 Å².